The first kappa shape index (κ1) is 15.5. The summed E-state index contributed by atoms with van der Waals surface area (Å²) in [5, 5.41) is 0. The van der Waals surface area contributed by atoms with Gasteiger partial charge in [0.15, 0.2) is 0 Å². The van der Waals surface area contributed by atoms with Crippen LogP contribution in [-0.2, 0) is 13.1 Å². The number of hydrogen-bond donors (Lipinski definition) is 1. The van der Waals surface area contributed by atoms with Gasteiger partial charge in [0.25, 0.3) is 0 Å². The summed E-state index contributed by atoms with van der Waals surface area (Å²) >= 11 is 0. The molecule has 0 radical (unpaired) electrons. The van der Waals surface area contributed by atoms with E-state index in [9.17, 15) is 0 Å². The largest absolute Gasteiger partial charge is 0.367 e. The highest BCUT2D eigenvalue weighted by Gasteiger charge is 2.14. The fourth-order valence-electron chi connectivity index (χ4n) is 2.73. The van der Waals surface area contributed by atoms with Gasteiger partial charge in [0, 0.05) is 42.3 Å². The summed E-state index contributed by atoms with van der Waals surface area (Å²) in [6.45, 7) is 8.76. The summed E-state index contributed by atoms with van der Waals surface area (Å²) in [5.74, 6) is 0. The molecule has 3 nitrogen and oxygen atoms in total. The van der Waals surface area contributed by atoms with E-state index in [1.807, 2.05) is 13.8 Å². The number of nitrogens with two attached hydrogens (primary N) is 1. The predicted octanol–water partition coefficient (Wildman–Crippen LogP) is 3.57. The van der Waals surface area contributed by atoms with Crippen LogP contribution < -0.4 is 10.6 Å². The number of hydrogen-bond acceptors (Lipinski definition) is 3. The van der Waals surface area contributed by atoms with E-state index in [2.05, 4.69) is 53.2 Å². The second kappa shape index (κ2) is 7.23. The minimum Gasteiger partial charge on any atom is -0.367 e. The highest BCUT2D eigenvalue weighted by molar-refractivity contribution is 5.56. The van der Waals surface area contributed by atoms with Crippen molar-refractivity contribution < 1.29 is 0 Å². The molecule has 2 rings (SSSR count). The second-order valence-corrected chi connectivity index (χ2v) is 5.46. The molecule has 0 fully saturated rings. The second-order valence-electron chi connectivity index (χ2n) is 5.46. The van der Waals surface area contributed by atoms with Crippen LogP contribution in [0.5, 0.6) is 0 Å². The Hall–Kier alpha value is -1.87. The number of rotatable bonds is 6. The van der Waals surface area contributed by atoms with Gasteiger partial charge in [-0.3, -0.25) is 4.98 Å². The molecule has 0 aliphatic heterocycles. The molecule has 21 heavy (non-hydrogen) atoms. The average molecular weight is 283 g/mol. The van der Waals surface area contributed by atoms with Crippen molar-refractivity contribution in [2.45, 2.75) is 40.3 Å². The molecule has 0 amide bonds. The first-order valence-corrected chi connectivity index (χ1v) is 7.61. The Morgan fingerprint density at radius 1 is 1.14 bits per heavy atom. The highest BCUT2D eigenvalue weighted by atomic mass is 15.1. The molecule has 0 aliphatic rings. The molecule has 0 spiro atoms. The Morgan fingerprint density at radius 2 is 1.86 bits per heavy atom. The van der Waals surface area contributed by atoms with Gasteiger partial charge < -0.3 is 10.6 Å². The van der Waals surface area contributed by atoms with Crippen molar-refractivity contribution in [3.63, 3.8) is 0 Å². The smallest absolute Gasteiger partial charge is 0.0451 e. The minimum atomic E-state index is 0.531. The predicted molar refractivity (Wildman–Crippen MR) is 89.4 cm³/mol. The van der Waals surface area contributed by atoms with Gasteiger partial charge in [0.05, 0.1) is 0 Å². The number of aromatic nitrogens is 1. The van der Waals surface area contributed by atoms with Crippen molar-refractivity contribution in [3.8, 4) is 0 Å². The molecule has 1 aromatic heterocycles. The Morgan fingerprint density at radius 3 is 2.48 bits per heavy atom. The number of pyridine rings is 1. The Bertz CT molecular complexity index is 579. The summed E-state index contributed by atoms with van der Waals surface area (Å²) in [6.07, 6.45) is 1.11. The van der Waals surface area contributed by atoms with Gasteiger partial charge in [-0.2, -0.15) is 0 Å². The molecule has 2 N–H and O–H groups in total. The summed E-state index contributed by atoms with van der Waals surface area (Å²) in [5.41, 5.74) is 11.8. The van der Waals surface area contributed by atoms with Gasteiger partial charge in [-0.1, -0.05) is 37.3 Å². The van der Waals surface area contributed by atoms with Crippen LogP contribution in [-0.4, -0.2) is 11.5 Å². The van der Waals surface area contributed by atoms with E-state index in [0.29, 0.717) is 6.54 Å². The van der Waals surface area contributed by atoms with Gasteiger partial charge in [0.1, 0.15) is 0 Å². The molecule has 3 heteroatoms. The maximum atomic E-state index is 5.96. The molecule has 0 saturated carbocycles. The van der Waals surface area contributed by atoms with Crippen molar-refractivity contribution in [1.29, 1.82) is 0 Å². The zero-order chi connectivity index (χ0) is 15.2. The monoisotopic (exact) mass is 283 g/mol. The van der Waals surface area contributed by atoms with E-state index in [0.717, 1.165) is 36.5 Å². The number of benzene rings is 1. The van der Waals surface area contributed by atoms with E-state index < -0.39 is 0 Å². The summed E-state index contributed by atoms with van der Waals surface area (Å²) < 4.78 is 0. The van der Waals surface area contributed by atoms with Crippen LogP contribution in [0.4, 0.5) is 5.69 Å². The first-order valence-electron chi connectivity index (χ1n) is 7.61. The van der Waals surface area contributed by atoms with Crippen LogP contribution >= 0.6 is 0 Å². The van der Waals surface area contributed by atoms with Crippen LogP contribution in [0.3, 0.4) is 0 Å². The standard InChI is InChI=1S/C18H25N3/c1-4-10-21(13-16-8-6-5-7-9-16)18-11-14(2)20-15(3)17(18)12-19/h5-9,11H,4,10,12-13,19H2,1-3H3. The van der Waals surface area contributed by atoms with E-state index in [4.69, 9.17) is 5.73 Å². The molecule has 112 valence electrons. The molecule has 0 aliphatic carbocycles. The van der Waals surface area contributed by atoms with E-state index in [1.54, 1.807) is 0 Å². The molecule has 0 saturated heterocycles. The van der Waals surface area contributed by atoms with Crippen LogP contribution in [0.15, 0.2) is 36.4 Å². The van der Waals surface area contributed by atoms with Crippen LogP contribution in [0, 0.1) is 13.8 Å². The lowest BCUT2D eigenvalue weighted by atomic mass is 10.1. The molecule has 2 aromatic rings. The molecule has 1 heterocycles. The van der Waals surface area contributed by atoms with Crippen LogP contribution in [0.25, 0.3) is 0 Å². The molecule has 0 unspecified atom stereocenters. The van der Waals surface area contributed by atoms with Crippen molar-refractivity contribution >= 4 is 5.69 Å². The lowest BCUT2D eigenvalue weighted by Gasteiger charge is -2.28. The van der Waals surface area contributed by atoms with Gasteiger partial charge in [0.2, 0.25) is 0 Å². The third-order valence-electron chi connectivity index (χ3n) is 3.69. The zero-order valence-electron chi connectivity index (χ0n) is 13.3. The molecular formula is C18H25N3. The normalized spacial score (nSPS) is 10.7. The highest BCUT2D eigenvalue weighted by Crippen LogP contribution is 2.25. The van der Waals surface area contributed by atoms with Crippen molar-refractivity contribution in [3.05, 3.63) is 58.9 Å². The maximum absolute atomic E-state index is 5.96. The van der Waals surface area contributed by atoms with Crippen molar-refractivity contribution in [2.75, 3.05) is 11.4 Å². The van der Waals surface area contributed by atoms with E-state index >= 15 is 0 Å². The number of aryl methyl sites for hydroxylation is 2. The Balaban J connectivity index is 2.38. The minimum absolute atomic E-state index is 0.531. The van der Waals surface area contributed by atoms with Crippen LogP contribution in [0.1, 0.15) is 35.9 Å². The lowest BCUT2D eigenvalue weighted by Crippen LogP contribution is -2.26. The maximum Gasteiger partial charge on any atom is 0.0451 e. The van der Waals surface area contributed by atoms with Crippen LogP contribution in [0.2, 0.25) is 0 Å². The molecule has 0 bridgehead atoms. The zero-order valence-corrected chi connectivity index (χ0v) is 13.3. The van der Waals surface area contributed by atoms with Gasteiger partial charge in [-0.05, 0) is 31.9 Å². The van der Waals surface area contributed by atoms with E-state index in [-0.39, 0.29) is 0 Å². The van der Waals surface area contributed by atoms with Gasteiger partial charge in [-0.15, -0.1) is 0 Å². The fourth-order valence-corrected chi connectivity index (χ4v) is 2.73. The third kappa shape index (κ3) is 3.82. The summed E-state index contributed by atoms with van der Waals surface area (Å²) in [7, 11) is 0. The molecule has 1 aromatic carbocycles. The summed E-state index contributed by atoms with van der Waals surface area (Å²) in [6, 6.07) is 12.7. The van der Waals surface area contributed by atoms with Gasteiger partial charge in [-0.25, -0.2) is 0 Å². The Kier molecular flexibility index (Phi) is 5.34. The topological polar surface area (TPSA) is 42.2 Å². The fraction of sp³-hybridized carbons (Fsp3) is 0.389. The SMILES string of the molecule is CCCN(Cc1ccccc1)c1cc(C)nc(C)c1CN. The quantitative estimate of drug-likeness (QED) is 0.881. The number of anilines is 1. The first-order chi connectivity index (χ1) is 10.2. The number of nitrogens with zero attached hydrogens (tertiary/aromatic N) is 2. The van der Waals surface area contributed by atoms with Crippen molar-refractivity contribution in [2.24, 2.45) is 5.73 Å². The Labute approximate surface area is 127 Å². The average Bonchev–Trinajstić information content (AvgIpc) is 2.47. The summed E-state index contributed by atoms with van der Waals surface area (Å²) in [4.78, 5) is 6.96. The third-order valence-corrected chi connectivity index (χ3v) is 3.69. The van der Waals surface area contributed by atoms with Crippen molar-refractivity contribution in [1.82, 2.24) is 4.98 Å². The lowest BCUT2D eigenvalue weighted by molar-refractivity contribution is 0.757. The van der Waals surface area contributed by atoms with Gasteiger partial charge >= 0.3 is 0 Å². The molecular weight excluding hydrogens is 258 g/mol. The van der Waals surface area contributed by atoms with E-state index in [1.165, 1.54) is 11.3 Å². The molecule has 0 atom stereocenters.